The topological polar surface area (TPSA) is 123 Å². The highest BCUT2D eigenvalue weighted by Gasteiger charge is 2.26. The standard InChI is InChI=1S/C29H23F2N5O4S/c1-4-20-19-7-16(12-33-14-19)13-34-28(37)22-10-27(24(31)11-23(22)30)41(38,39)36-26-9-18(15-35-29(26)40-3)17-5-6-25(32-2)21(20)8-17/h4-12,14-15,36H,2,13H2,1,3H3,(H,34,37)/b20-4-. The Kier molecular flexibility index (Phi) is 7.33. The van der Waals surface area contributed by atoms with Crippen LogP contribution in [0.2, 0.25) is 0 Å². The number of nitrogens with zero attached hydrogens (tertiary/aromatic N) is 3. The molecule has 1 amide bonds. The third-order valence-corrected chi connectivity index (χ3v) is 7.86. The number of pyridine rings is 2. The van der Waals surface area contributed by atoms with Crippen molar-refractivity contribution in [3.8, 4) is 17.0 Å². The van der Waals surface area contributed by atoms with Crippen molar-refractivity contribution in [2.45, 2.75) is 18.4 Å². The SMILES string of the molecule is C=Nc1ccc2cc1/C(=C\C)c1cncc(c1)CNC(=O)c1cc(c(F)cc1F)S(=O)(=O)Nc1cc-2cnc1OC. The van der Waals surface area contributed by atoms with Gasteiger partial charge in [-0.2, -0.15) is 0 Å². The predicted molar refractivity (Wildman–Crippen MR) is 151 cm³/mol. The lowest BCUT2D eigenvalue weighted by atomic mass is 9.93. The minimum atomic E-state index is -4.67. The van der Waals surface area contributed by atoms with Crippen molar-refractivity contribution in [1.82, 2.24) is 15.3 Å². The Labute approximate surface area is 234 Å². The molecule has 2 N–H and O–H groups in total. The number of aromatic nitrogens is 2. The van der Waals surface area contributed by atoms with Crippen molar-refractivity contribution < 1.29 is 26.7 Å². The summed E-state index contributed by atoms with van der Waals surface area (Å²) in [6, 6.07) is 9.67. The maximum absolute atomic E-state index is 14.8. The monoisotopic (exact) mass is 575 g/mol. The van der Waals surface area contributed by atoms with Crippen LogP contribution in [-0.2, 0) is 16.6 Å². The van der Waals surface area contributed by atoms with E-state index in [9.17, 15) is 22.0 Å². The van der Waals surface area contributed by atoms with Crippen LogP contribution in [0.4, 0.5) is 20.2 Å². The summed E-state index contributed by atoms with van der Waals surface area (Å²) in [5.74, 6) is -3.63. The van der Waals surface area contributed by atoms with E-state index in [1.54, 1.807) is 24.4 Å². The largest absolute Gasteiger partial charge is 0.480 e. The van der Waals surface area contributed by atoms with Gasteiger partial charge in [-0.05, 0) is 60.7 Å². The van der Waals surface area contributed by atoms with E-state index < -0.39 is 38.0 Å². The van der Waals surface area contributed by atoms with Gasteiger partial charge < -0.3 is 10.1 Å². The number of methoxy groups -OCH3 is 1. The summed E-state index contributed by atoms with van der Waals surface area (Å²) in [6.45, 7) is 5.47. The number of carbonyl (C=O) groups is 1. The van der Waals surface area contributed by atoms with Crippen molar-refractivity contribution in [3.63, 3.8) is 0 Å². The number of rotatable bonds is 2. The minimum absolute atomic E-state index is 0.0616. The van der Waals surface area contributed by atoms with E-state index in [1.165, 1.54) is 25.6 Å². The second kappa shape index (κ2) is 10.9. The fourth-order valence-electron chi connectivity index (χ4n) is 4.51. The molecular formula is C29H23F2N5O4S. The smallest absolute Gasteiger partial charge is 0.265 e. The number of ether oxygens (including phenoxy) is 1. The van der Waals surface area contributed by atoms with E-state index in [2.05, 4.69) is 31.7 Å². The number of aliphatic imine (C=N–C) groups is 1. The second-order valence-corrected chi connectivity index (χ2v) is 10.7. The Morgan fingerprint density at radius 2 is 1.80 bits per heavy atom. The summed E-state index contributed by atoms with van der Waals surface area (Å²) in [4.78, 5) is 24.7. The van der Waals surface area contributed by atoms with E-state index in [0.717, 1.165) is 11.1 Å². The van der Waals surface area contributed by atoms with Crippen LogP contribution >= 0.6 is 0 Å². The second-order valence-electron chi connectivity index (χ2n) is 9.01. The lowest BCUT2D eigenvalue weighted by Crippen LogP contribution is -2.25. The van der Waals surface area contributed by atoms with Gasteiger partial charge in [0.2, 0.25) is 5.88 Å². The number of nitrogens with one attached hydrogen (secondary N) is 2. The van der Waals surface area contributed by atoms with Gasteiger partial charge in [-0.3, -0.25) is 19.5 Å². The molecule has 0 spiro atoms. The Hall–Kier alpha value is -4.97. The zero-order valence-electron chi connectivity index (χ0n) is 21.9. The van der Waals surface area contributed by atoms with Gasteiger partial charge in [0, 0.05) is 47.9 Å². The molecule has 0 saturated heterocycles. The van der Waals surface area contributed by atoms with Gasteiger partial charge in [-0.1, -0.05) is 12.1 Å². The van der Waals surface area contributed by atoms with E-state index in [1.807, 2.05) is 19.1 Å². The lowest BCUT2D eigenvalue weighted by Gasteiger charge is -2.16. The van der Waals surface area contributed by atoms with E-state index >= 15 is 0 Å². The molecule has 41 heavy (non-hydrogen) atoms. The molecule has 8 bridgehead atoms. The number of anilines is 1. The molecule has 5 rings (SSSR count). The van der Waals surface area contributed by atoms with Crippen LogP contribution < -0.4 is 14.8 Å². The van der Waals surface area contributed by atoms with Gasteiger partial charge in [0.25, 0.3) is 15.9 Å². The fourth-order valence-corrected chi connectivity index (χ4v) is 5.65. The Morgan fingerprint density at radius 1 is 1.00 bits per heavy atom. The van der Waals surface area contributed by atoms with Crippen LogP contribution in [0.3, 0.4) is 0 Å². The first-order valence-electron chi connectivity index (χ1n) is 12.2. The maximum Gasteiger partial charge on any atom is 0.265 e. The summed E-state index contributed by atoms with van der Waals surface area (Å²) >= 11 is 0. The van der Waals surface area contributed by atoms with Crippen molar-refractivity contribution in [2.24, 2.45) is 4.99 Å². The van der Waals surface area contributed by atoms with Gasteiger partial charge >= 0.3 is 0 Å². The molecule has 3 heterocycles. The third kappa shape index (κ3) is 5.29. The number of hydrogen-bond donors (Lipinski definition) is 2. The molecule has 0 fully saturated rings. The normalized spacial score (nSPS) is 15.2. The number of sulfonamides is 1. The van der Waals surface area contributed by atoms with Crippen molar-refractivity contribution in [2.75, 3.05) is 11.8 Å². The van der Waals surface area contributed by atoms with Crippen molar-refractivity contribution >= 4 is 39.6 Å². The number of halogens is 2. The van der Waals surface area contributed by atoms with Crippen LogP contribution in [0.1, 0.15) is 34.0 Å². The summed E-state index contributed by atoms with van der Waals surface area (Å²) < 4.78 is 63.6. The van der Waals surface area contributed by atoms with Gasteiger partial charge in [-0.25, -0.2) is 22.2 Å². The average Bonchev–Trinajstić information content (AvgIpc) is 2.95. The Balaban J connectivity index is 1.77. The fraction of sp³-hybridized carbons (Fsp3) is 0.103. The molecule has 0 unspecified atom stereocenters. The Bertz CT molecular complexity index is 1860. The highest BCUT2D eigenvalue weighted by molar-refractivity contribution is 7.92. The van der Waals surface area contributed by atoms with Gasteiger partial charge in [0.1, 0.15) is 22.2 Å². The first-order chi connectivity index (χ1) is 19.6. The highest BCUT2D eigenvalue weighted by atomic mass is 32.2. The molecule has 12 heteroatoms. The van der Waals surface area contributed by atoms with Crippen molar-refractivity contribution in [1.29, 1.82) is 0 Å². The molecule has 1 aliphatic rings. The first kappa shape index (κ1) is 27.6. The Morgan fingerprint density at radius 3 is 2.54 bits per heavy atom. The average molecular weight is 576 g/mol. The molecule has 0 atom stereocenters. The van der Waals surface area contributed by atoms with Gasteiger partial charge in [-0.15, -0.1) is 0 Å². The molecule has 2 aromatic heterocycles. The molecule has 1 aliphatic heterocycles. The van der Waals surface area contributed by atoms with Crippen LogP contribution in [-0.4, -0.2) is 38.1 Å². The van der Waals surface area contributed by atoms with Gasteiger partial charge in [0.15, 0.2) is 0 Å². The lowest BCUT2D eigenvalue weighted by molar-refractivity contribution is 0.0946. The number of carbonyl (C=O) groups excluding carboxylic acids is 1. The number of benzene rings is 2. The zero-order valence-corrected chi connectivity index (χ0v) is 22.7. The summed E-state index contributed by atoms with van der Waals surface area (Å²) in [5, 5.41) is 2.54. The number of amides is 1. The quantitative estimate of drug-likeness (QED) is 0.315. The summed E-state index contributed by atoms with van der Waals surface area (Å²) in [6.07, 6.45) is 6.57. The van der Waals surface area contributed by atoms with Gasteiger partial charge in [0.05, 0.1) is 18.4 Å². The molecule has 0 radical (unpaired) electrons. The first-order valence-corrected chi connectivity index (χ1v) is 13.7. The molecule has 2 aromatic carbocycles. The van der Waals surface area contributed by atoms with E-state index in [0.29, 0.717) is 40.1 Å². The molecule has 9 nitrogen and oxygen atoms in total. The van der Waals surface area contributed by atoms with Crippen LogP contribution in [0, 0.1) is 11.6 Å². The highest BCUT2D eigenvalue weighted by Crippen LogP contribution is 2.37. The van der Waals surface area contributed by atoms with Crippen LogP contribution in [0.25, 0.3) is 16.7 Å². The number of hydrogen-bond acceptors (Lipinski definition) is 7. The molecular weight excluding hydrogens is 552 g/mol. The number of allylic oxidation sites excluding steroid dienone is 1. The van der Waals surface area contributed by atoms with E-state index in [-0.39, 0.29) is 18.1 Å². The maximum atomic E-state index is 14.8. The zero-order chi connectivity index (χ0) is 29.3. The molecule has 0 saturated carbocycles. The predicted octanol–water partition coefficient (Wildman–Crippen LogP) is 5.26. The summed E-state index contributed by atoms with van der Waals surface area (Å²) in [7, 11) is -3.38. The van der Waals surface area contributed by atoms with Crippen LogP contribution in [0.5, 0.6) is 5.88 Å². The molecule has 208 valence electrons. The number of fused-ring (bicyclic) bond motifs is 9. The van der Waals surface area contributed by atoms with Crippen molar-refractivity contribution in [3.05, 3.63) is 101 Å². The van der Waals surface area contributed by atoms with Crippen LogP contribution in [0.15, 0.2) is 77.0 Å². The minimum Gasteiger partial charge on any atom is -0.480 e. The third-order valence-electron chi connectivity index (χ3n) is 6.48. The summed E-state index contributed by atoms with van der Waals surface area (Å²) in [5.41, 5.74) is 3.79. The van der Waals surface area contributed by atoms with E-state index in [4.69, 9.17) is 4.74 Å². The molecule has 0 aliphatic carbocycles. The molecule has 4 aromatic rings.